The fraction of sp³-hybridized carbons (Fsp3) is 0.154. The molecule has 0 saturated carbocycles. The van der Waals surface area contributed by atoms with Gasteiger partial charge in [0.2, 0.25) is 6.79 Å². The molecule has 1 aliphatic rings. The van der Waals surface area contributed by atoms with Gasteiger partial charge in [-0.3, -0.25) is 4.68 Å². The Kier molecular flexibility index (Phi) is 2.26. The molecule has 0 saturated heterocycles. The van der Waals surface area contributed by atoms with Gasteiger partial charge in [0.05, 0.1) is 11.6 Å². The molecule has 1 aromatic carbocycles. The molecule has 0 atom stereocenters. The highest BCUT2D eigenvalue weighted by molar-refractivity contribution is 5.88. The van der Waals surface area contributed by atoms with Gasteiger partial charge in [0.1, 0.15) is 12.1 Å². The lowest BCUT2D eigenvalue weighted by atomic mass is 10.2. The molecule has 100 valence electrons. The van der Waals surface area contributed by atoms with Crippen LogP contribution in [0.25, 0.3) is 11.0 Å². The average Bonchev–Trinajstić information content (AvgIpc) is 3.06. The third-order valence-electron chi connectivity index (χ3n) is 3.16. The lowest BCUT2D eigenvalue weighted by Gasteiger charge is -2.07. The summed E-state index contributed by atoms with van der Waals surface area (Å²) in [6.45, 7) is 0.263. The van der Waals surface area contributed by atoms with Gasteiger partial charge in [-0.05, 0) is 12.1 Å². The van der Waals surface area contributed by atoms with E-state index in [9.17, 15) is 0 Å². The molecule has 1 aliphatic heterocycles. The lowest BCUT2D eigenvalue weighted by Crippen LogP contribution is -1.97. The van der Waals surface area contributed by atoms with Gasteiger partial charge in [-0.1, -0.05) is 0 Å². The number of hydrogen-bond donors (Lipinski definition) is 1. The van der Waals surface area contributed by atoms with E-state index in [4.69, 9.17) is 9.47 Å². The van der Waals surface area contributed by atoms with Crippen LogP contribution in [0.5, 0.6) is 11.5 Å². The maximum absolute atomic E-state index is 5.36. The molecule has 3 heterocycles. The van der Waals surface area contributed by atoms with Crippen molar-refractivity contribution in [1.29, 1.82) is 0 Å². The largest absolute Gasteiger partial charge is 0.454 e. The molecule has 0 bridgehead atoms. The van der Waals surface area contributed by atoms with E-state index < -0.39 is 0 Å². The van der Waals surface area contributed by atoms with Crippen molar-refractivity contribution in [3.05, 3.63) is 30.7 Å². The molecular formula is C13H11N5O2. The number of nitrogens with one attached hydrogen (secondary N) is 1. The number of anilines is 2. The number of aryl methyl sites for hydroxylation is 1. The summed E-state index contributed by atoms with van der Waals surface area (Å²) in [5.74, 6) is 2.19. The molecule has 1 N–H and O–H groups in total. The summed E-state index contributed by atoms with van der Waals surface area (Å²) in [6, 6.07) is 5.66. The number of rotatable bonds is 2. The Hall–Kier alpha value is -2.83. The summed E-state index contributed by atoms with van der Waals surface area (Å²) < 4.78 is 12.4. The maximum atomic E-state index is 5.36. The van der Waals surface area contributed by atoms with Gasteiger partial charge in [0, 0.05) is 18.8 Å². The lowest BCUT2D eigenvalue weighted by molar-refractivity contribution is 0.174. The minimum atomic E-state index is 0.263. The first kappa shape index (κ1) is 11.0. The van der Waals surface area contributed by atoms with Crippen LogP contribution in [0, 0.1) is 0 Å². The Labute approximate surface area is 114 Å². The molecule has 0 fully saturated rings. The van der Waals surface area contributed by atoms with Crippen LogP contribution in [0.4, 0.5) is 11.5 Å². The third kappa shape index (κ3) is 1.63. The van der Waals surface area contributed by atoms with Gasteiger partial charge in [-0.25, -0.2) is 9.97 Å². The van der Waals surface area contributed by atoms with E-state index in [0.29, 0.717) is 5.82 Å². The number of hydrogen-bond acceptors (Lipinski definition) is 6. The molecule has 3 aromatic rings. The summed E-state index contributed by atoms with van der Waals surface area (Å²) in [5, 5.41) is 8.30. The first-order valence-corrected chi connectivity index (χ1v) is 6.10. The van der Waals surface area contributed by atoms with Crippen molar-refractivity contribution < 1.29 is 9.47 Å². The van der Waals surface area contributed by atoms with E-state index in [-0.39, 0.29) is 6.79 Å². The van der Waals surface area contributed by atoms with Gasteiger partial charge < -0.3 is 14.8 Å². The van der Waals surface area contributed by atoms with E-state index in [0.717, 1.165) is 28.2 Å². The predicted octanol–water partition coefficient (Wildman–Crippen LogP) is 1.84. The van der Waals surface area contributed by atoms with Crippen LogP contribution >= 0.6 is 0 Å². The Morgan fingerprint density at radius 3 is 3.05 bits per heavy atom. The second kappa shape index (κ2) is 4.09. The zero-order valence-corrected chi connectivity index (χ0v) is 10.7. The summed E-state index contributed by atoms with van der Waals surface area (Å²) in [6.07, 6.45) is 3.25. The standard InChI is InChI=1S/C13H11N5O2/c1-18-13-9(5-16-18)12(14-6-15-13)17-8-2-3-10-11(4-8)20-7-19-10/h2-6H,7H2,1H3,(H,14,15,17). The van der Waals surface area contributed by atoms with Gasteiger partial charge in [0.15, 0.2) is 17.1 Å². The molecule has 0 unspecified atom stereocenters. The van der Waals surface area contributed by atoms with Crippen molar-refractivity contribution in [2.24, 2.45) is 7.05 Å². The Balaban J connectivity index is 1.74. The quantitative estimate of drug-likeness (QED) is 0.765. The van der Waals surface area contributed by atoms with E-state index in [1.807, 2.05) is 25.2 Å². The summed E-state index contributed by atoms with van der Waals surface area (Å²) in [4.78, 5) is 8.47. The van der Waals surface area contributed by atoms with Crippen molar-refractivity contribution in [2.75, 3.05) is 12.1 Å². The Morgan fingerprint density at radius 2 is 2.10 bits per heavy atom. The second-order valence-electron chi connectivity index (χ2n) is 4.42. The van der Waals surface area contributed by atoms with Crippen molar-refractivity contribution in [2.45, 2.75) is 0 Å². The molecule has 4 rings (SSSR count). The molecule has 0 radical (unpaired) electrons. The zero-order chi connectivity index (χ0) is 13.5. The van der Waals surface area contributed by atoms with Crippen LogP contribution in [0.15, 0.2) is 30.7 Å². The van der Waals surface area contributed by atoms with Crippen LogP contribution in [-0.2, 0) is 7.05 Å². The highest BCUT2D eigenvalue weighted by atomic mass is 16.7. The fourth-order valence-electron chi connectivity index (χ4n) is 2.17. The first-order chi connectivity index (χ1) is 9.81. The minimum Gasteiger partial charge on any atom is -0.454 e. The van der Waals surface area contributed by atoms with E-state index in [1.54, 1.807) is 10.9 Å². The summed E-state index contributed by atoms with van der Waals surface area (Å²) in [7, 11) is 1.85. The van der Waals surface area contributed by atoms with E-state index >= 15 is 0 Å². The summed E-state index contributed by atoms with van der Waals surface area (Å²) in [5.41, 5.74) is 1.65. The third-order valence-corrected chi connectivity index (χ3v) is 3.16. The van der Waals surface area contributed by atoms with Gasteiger partial charge in [0.25, 0.3) is 0 Å². The van der Waals surface area contributed by atoms with Crippen molar-refractivity contribution in [3.8, 4) is 11.5 Å². The first-order valence-electron chi connectivity index (χ1n) is 6.10. The number of aromatic nitrogens is 4. The van der Waals surface area contributed by atoms with Crippen molar-refractivity contribution in [1.82, 2.24) is 19.7 Å². The topological polar surface area (TPSA) is 74.1 Å². The molecule has 0 amide bonds. The van der Waals surface area contributed by atoms with Crippen LogP contribution in [0.2, 0.25) is 0 Å². The highest BCUT2D eigenvalue weighted by Crippen LogP contribution is 2.35. The molecule has 7 heteroatoms. The average molecular weight is 269 g/mol. The highest BCUT2D eigenvalue weighted by Gasteiger charge is 2.14. The molecule has 20 heavy (non-hydrogen) atoms. The molecule has 0 spiro atoms. The second-order valence-corrected chi connectivity index (χ2v) is 4.42. The number of benzene rings is 1. The maximum Gasteiger partial charge on any atom is 0.231 e. The van der Waals surface area contributed by atoms with E-state index in [2.05, 4.69) is 20.4 Å². The predicted molar refractivity (Wildman–Crippen MR) is 72.2 cm³/mol. The number of ether oxygens (including phenoxy) is 2. The molecule has 7 nitrogen and oxygen atoms in total. The SMILES string of the molecule is Cn1ncc2c(Nc3ccc4c(c3)OCO4)ncnc21. The van der Waals surface area contributed by atoms with Crippen LogP contribution in [-0.4, -0.2) is 26.5 Å². The fourth-order valence-corrected chi connectivity index (χ4v) is 2.17. The van der Waals surface area contributed by atoms with Gasteiger partial charge in [-0.15, -0.1) is 0 Å². The van der Waals surface area contributed by atoms with Crippen LogP contribution in [0.1, 0.15) is 0 Å². The van der Waals surface area contributed by atoms with E-state index in [1.165, 1.54) is 6.33 Å². The smallest absolute Gasteiger partial charge is 0.231 e. The number of nitrogens with zero attached hydrogens (tertiary/aromatic N) is 4. The van der Waals surface area contributed by atoms with Crippen LogP contribution < -0.4 is 14.8 Å². The minimum absolute atomic E-state index is 0.263. The normalized spacial score (nSPS) is 12.8. The molecule has 2 aromatic heterocycles. The monoisotopic (exact) mass is 269 g/mol. The van der Waals surface area contributed by atoms with Crippen LogP contribution in [0.3, 0.4) is 0 Å². The number of fused-ring (bicyclic) bond motifs is 2. The molecule has 0 aliphatic carbocycles. The van der Waals surface area contributed by atoms with Crippen molar-refractivity contribution in [3.63, 3.8) is 0 Å². The van der Waals surface area contributed by atoms with Gasteiger partial charge in [-0.2, -0.15) is 5.10 Å². The Bertz CT molecular complexity index is 799. The van der Waals surface area contributed by atoms with Gasteiger partial charge >= 0.3 is 0 Å². The van der Waals surface area contributed by atoms with Crippen molar-refractivity contribution >= 4 is 22.5 Å². The summed E-state index contributed by atoms with van der Waals surface area (Å²) >= 11 is 0. The zero-order valence-electron chi connectivity index (χ0n) is 10.7. The Morgan fingerprint density at radius 1 is 1.20 bits per heavy atom. The molecular weight excluding hydrogens is 258 g/mol.